The number of ether oxygens (including phenoxy) is 1. The molecular weight excluding hydrogens is 386 g/mol. The first-order valence-corrected chi connectivity index (χ1v) is 10.3. The van der Waals surface area contributed by atoms with E-state index < -0.39 is 0 Å². The summed E-state index contributed by atoms with van der Waals surface area (Å²) in [5.74, 6) is 1.22. The first kappa shape index (κ1) is 20.9. The molecule has 0 bridgehead atoms. The average Bonchev–Trinajstić information content (AvgIpc) is 3.19. The number of benzene rings is 2. The minimum absolute atomic E-state index is 0.0607. The number of rotatable bonds is 8. The molecule has 6 nitrogen and oxygen atoms in total. The maximum absolute atomic E-state index is 12.4. The maximum Gasteiger partial charge on any atom is 0.277 e. The third-order valence-corrected chi connectivity index (χ3v) is 5.61. The fourth-order valence-corrected chi connectivity index (χ4v) is 3.43. The molecule has 0 aliphatic rings. The van der Waals surface area contributed by atoms with Crippen LogP contribution in [0.2, 0.25) is 0 Å². The van der Waals surface area contributed by atoms with Gasteiger partial charge in [0.1, 0.15) is 5.75 Å². The number of nitrogens with zero attached hydrogens (tertiary/aromatic N) is 2. The number of nitrogens with one attached hydrogen (secondary N) is 1. The molecule has 1 aromatic heterocycles. The van der Waals surface area contributed by atoms with Crippen molar-refractivity contribution in [1.82, 2.24) is 15.5 Å². The van der Waals surface area contributed by atoms with Gasteiger partial charge < -0.3 is 14.5 Å². The first-order chi connectivity index (χ1) is 14.0. The molecular formula is C22H25N3O3S. The van der Waals surface area contributed by atoms with Crippen LogP contribution in [0.25, 0.3) is 11.5 Å². The second-order valence-electron chi connectivity index (χ2n) is 6.82. The first-order valence-electron chi connectivity index (χ1n) is 9.44. The number of hydrogen-bond acceptors (Lipinski definition) is 6. The van der Waals surface area contributed by atoms with E-state index in [9.17, 15) is 4.79 Å². The smallest absolute Gasteiger partial charge is 0.277 e. The molecule has 3 aromatic rings. The molecule has 3 rings (SSSR count). The number of aromatic nitrogens is 2. The van der Waals surface area contributed by atoms with E-state index in [1.165, 1.54) is 22.9 Å². The van der Waals surface area contributed by atoms with E-state index >= 15 is 0 Å². The van der Waals surface area contributed by atoms with Crippen molar-refractivity contribution >= 4 is 17.7 Å². The Labute approximate surface area is 175 Å². The number of amides is 1. The second-order valence-corrected chi connectivity index (χ2v) is 8.11. The lowest BCUT2D eigenvalue weighted by molar-refractivity contribution is -0.120. The van der Waals surface area contributed by atoms with Gasteiger partial charge in [0.05, 0.1) is 12.4 Å². The fourth-order valence-electron chi connectivity index (χ4n) is 2.72. The zero-order valence-corrected chi connectivity index (χ0v) is 17.9. The van der Waals surface area contributed by atoms with E-state index in [1.807, 2.05) is 56.3 Å². The monoisotopic (exact) mass is 411 g/mol. The molecule has 2 aromatic carbocycles. The highest BCUT2D eigenvalue weighted by Crippen LogP contribution is 2.27. The molecule has 1 atom stereocenters. The number of hydrogen-bond donors (Lipinski definition) is 1. The van der Waals surface area contributed by atoms with E-state index in [4.69, 9.17) is 9.15 Å². The number of aryl methyl sites for hydroxylation is 2. The summed E-state index contributed by atoms with van der Waals surface area (Å²) in [7, 11) is 1.64. The van der Waals surface area contributed by atoms with Crippen LogP contribution in [0.1, 0.15) is 23.6 Å². The summed E-state index contributed by atoms with van der Waals surface area (Å²) in [5.41, 5.74) is 4.40. The topological polar surface area (TPSA) is 77.2 Å². The van der Waals surface area contributed by atoms with Gasteiger partial charge in [-0.15, -0.1) is 10.2 Å². The van der Waals surface area contributed by atoms with Gasteiger partial charge in [0, 0.05) is 12.1 Å². The van der Waals surface area contributed by atoms with Gasteiger partial charge in [0.2, 0.25) is 11.8 Å². The molecule has 29 heavy (non-hydrogen) atoms. The maximum atomic E-state index is 12.4. The number of methoxy groups -OCH3 is 1. The summed E-state index contributed by atoms with van der Waals surface area (Å²) in [6, 6.07) is 13.8. The van der Waals surface area contributed by atoms with E-state index in [2.05, 4.69) is 22.4 Å². The van der Waals surface area contributed by atoms with E-state index in [1.54, 1.807) is 7.11 Å². The molecule has 7 heteroatoms. The van der Waals surface area contributed by atoms with Crippen molar-refractivity contribution in [2.75, 3.05) is 13.7 Å². The summed E-state index contributed by atoms with van der Waals surface area (Å²) in [4.78, 5) is 12.4. The summed E-state index contributed by atoms with van der Waals surface area (Å²) < 4.78 is 10.9. The summed E-state index contributed by atoms with van der Waals surface area (Å²) in [6.07, 6.45) is 0.755. The lowest BCUT2D eigenvalue weighted by Gasteiger charge is -2.10. The van der Waals surface area contributed by atoms with Crippen LogP contribution in [0, 0.1) is 13.8 Å². The van der Waals surface area contributed by atoms with Crippen molar-refractivity contribution in [2.24, 2.45) is 0 Å². The van der Waals surface area contributed by atoms with E-state index in [0.717, 1.165) is 23.3 Å². The van der Waals surface area contributed by atoms with Crippen molar-refractivity contribution in [3.8, 4) is 17.2 Å². The van der Waals surface area contributed by atoms with E-state index in [0.29, 0.717) is 17.7 Å². The fraction of sp³-hybridized carbons (Fsp3) is 0.318. The molecule has 1 heterocycles. The molecule has 0 unspecified atom stereocenters. The Hall–Kier alpha value is -2.80. The molecule has 0 radical (unpaired) electrons. The van der Waals surface area contributed by atoms with Gasteiger partial charge >= 0.3 is 0 Å². The van der Waals surface area contributed by atoms with Crippen LogP contribution in [-0.2, 0) is 11.2 Å². The zero-order valence-electron chi connectivity index (χ0n) is 17.1. The van der Waals surface area contributed by atoms with Crippen LogP contribution in [0.5, 0.6) is 5.75 Å². The third kappa shape index (κ3) is 5.60. The highest BCUT2D eigenvalue weighted by Gasteiger charge is 2.18. The van der Waals surface area contributed by atoms with Crippen molar-refractivity contribution < 1.29 is 13.9 Å². The molecule has 0 saturated heterocycles. The summed E-state index contributed by atoms with van der Waals surface area (Å²) in [5, 5.41) is 11.2. The predicted octanol–water partition coefficient (Wildman–Crippen LogP) is 4.20. The van der Waals surface area contributed by atoms with Crippen LogP contribution in [0.4, 0.5) is 0 Å². The number of carbonyl (C=O) groups excluding carboxylic acids is 1. The highest BCUT2D eigenvalue weighted by atomic mass is 32.2. The van der Waals surface area contributed by atoms with Crippen molar-refractivity contribution in [3.63, 3.8) is 0 Å². The highest BCUT2D eigenvalue weighted by molar-refractivity contribution is 8.00. The Kier molecular flexibility index (Phi) is 6.93. The Morgan fingerprint density at radius 1 is 1.14 bits per heavy atom. The van der Waals surface area contributed by atoms with Gasteiger partial charge in [-0.1, -0.05) is 30.0 Å². The van der Waals surface area contributed by atoms with Gasteiger partial charge in [0.15, 0.2) is 0 Å². The van der Waals surface area contributed by atoms with Gasteiger partial charge in [-0.2, -0.15) is 0 Å². The molecule has 0 spiro atoms. The SMILES string of the molecule is COc1ccc(CCNC(=O)[C@@H](C)Sc2nnc(-c3ccc(C)c(C)c3)o2)cc1. The summed E-state index contributed by atoms with van der Waals surface area (Å²) in [6.45, 7) is 6.49. The Bertz CT molecular complexity index is 970. The van der Waals surface area contributed by atoms with Gasteiger partial charge in [-0.05, 0) is 68.1 Å². The third-order valence-electron chi connectivity index (χ3n) is 4.68. The van der Waals surface area contributed by atoms with Gasteiger partial charge in [0.25, 0.3) is 5.22 Å². The van der Waals surface area contributed by atoms with Gasteiger partial charge in [-0.3, -0.25) is 4.79 Å². The molecule has 1 N–H and O–H groups in total. The van der Waals surface area contributed by atoms with Crippen LogP contribution in [0.3, 0.4) is 0 Å². The van der Waals surface area contributed by atoms with Crippen LogP contribution < -0.4 is 10.1 Å². The second kappa shape index (κ2) is 9.60. The van der Waals surface area contributed by atoms with Crippen molar-refractivity contribution in [3.05, 3.63) is 59.2 Å². The Morgan fingerprint density at radius 2 is 1.90 bits per heavy atom. The van der Waals surface area contributed by atoms with Gasteiger partial charge in [-0.25, -0.2) is 0 Å². The average molecular weight is 412 g/mol. The molecule has 0 aliphatic carbocycles. The molecule has 1 amide bonds. The lowest BCUT2D eigenvalue weighted by atomic mass is 10.1. The largest absolute Gasteiger partial charge is 0.497 e. The van der Waals surface area contributed by atoms with E-state index in [-0.39, 0.29) is 11.2 Å². The molecule has 0 saturated carbocycles. The Morgan fingerprint density at radius 3 is 2.59 bits per heavy atom. The van der Waals surface area contributed by atoms with Crippen molar-refractivity contribution in [2.45, 2.75) is 37.7 Å². The quantitative estimate of drug-likeness (QED) is 0.560. The Balaban J connectivity index is 1.50. The minimum atomic E-state index is -0.334. The normalized spacial score (nSPS) is 11.9. The summed E-state index contributed by atoms with van der Waals surface area (Å²) >= 11 is 1.26. The molecule has 0 aliphatic heterocycles. The predicted molar refractivity (Wildman–Crippen MR) is 114 cm³/mol. The molecule has 0 fully saturated rings. The van der Waals surface area contributed by atoms with Crippen LogP contribution >= 0.6 is 11.8 Å². The standard InChI is InChI=1S/C22H25N3O3S/c1-14-5-8-18(13-15(14)2)21-24-25-22(28-21)29-16(3)20(26)23-12-11-17-6-9-19(27-4)10-7-17/h5-10,13,16H,11-12H2,1-4H3,(H,23,26)/t16-/m1/s1. The van der Waals surface area contributed by atoms with Crippen molar-refractivity contribution in [1.29, 1.82) is 0 Å². The number of carbonyl (C=O) groups is 1. The zero-order chi connectivity index (χ0) is 20.8. The van der Waals surface area contributed by atoms with Crippen LogP contribution in [0.15, 0.2) is 52.1 Å². The lowest BCUT2D eigenvalue weighted by Crippen LogP contribution is -2.32. The number of thioether (sulfide) groups is 1. The van der Waals surface area contributed by atoms with Crippen LogP contribution in [-0.4, -0.2) is 35.0 Å². The molecule has 152 valence electrons. The minimum Gasteiger partial charge on any atom is -0.497 e.